The van der Waals surface area contributed by atoms with Crippen molar-refractivity contribution < 1.29 is 19.3 Å². The van der Waals surface area contributed by atoms with Crippen LogP contribution in [0.25, 0.3) is 0 Å². The first-order chi connectivity index (χ1) is 17.5. The molecule has 3 fully saturated rings. The summed E-state index contributed by atoms with van der Waals surface area (Å²) in [4.78, 5) is 0. The van der Waals surface area contributed by atoms with Crippen molar-refractivity contribution >= 4 is 23.2 Å². The van der Waals surface area contributed by atoms with Gasteiger partial charge in [-0.05, 0) is 41.0 Å². The van der Waals surface area contributed by atoms with Crippen molar-refractivity contribution in [2.75, 3.05) is 0 Å². The standard InChI is InChI=1S/C30H22Cl2O4/c31-23-15-11-19(12-16-23)25-26(34-25)28(20-7-3-1-4-8-20)29(21-13-17-24(32)18-14-21)27(35-29)30(33,36-28)22-9-5-2-6-10-22/h1-18,25-27,33H/t25-,26+,27+,28-,29-,30+/m1/s1. The lowest BCUT2D eigenvalue weighted by Crippen LogP contribution is -2.47. The van der Waals surface area contributed by atoms with Gasteiger partial charge in [0.05, 0.1) is 0 Å². The van der Waals surface area contributed by atoms with Crippen LogP contribution in [0, 0.1) is 0 Å². The molecule has 180 valence electrons. The normalized spacial score (nSPS) is 34.2. The number of hydrogen-bond acceptors (Lipinski definition) is 4. The van der Waals surface area contributed by atoms with E-state index >= 15 is 0 Å². The highest BCUT2D eigenvalue weighted by atomic mass is 35.5. The van der Waals surface area contributed by atoms with Gasteiger partial charge in [0, 0.05) is 15.6 Å². The maximum absolute atomic E-state index is 12.2. The maximum Gasteiger partial charge on any atom is 0.224 e. The summed E-state index contributed by atoms with van der Waals surface area (Å²) in [5.41, 5.74) is 1.24. The van der Waals surface area contributed by atoms with E-state index in [4.69, 9.17) is 37.4 Å². The van der Waals surface area contributed by atoms with Crippen LogP contribution in [0.2, 0.25) is 10.0 Å². The molecule has 0 radical (unpaired) electrons. The fourth-order valence-corrected chi connectivity index (χ4v) is 6.16. The molecule has 4 nitrogen and oxygen atoms in total. The van der Waals surface area contributed by atoms with Crippen molar-refractivity contribution in [1.29, 1.82) is 0 Å². The zero-order valence-electron chi connectivity index (χ0n) is 19.1. The molecule has 0 amide bonds. The first-order valence-corrected chi connectivity index (χ1v) is 12.6. The van der Waals surface area contributed by atoms with E-state index in [-0.39, 0.29) is 6.10 Å². The fourth-order valence-electron chi connectivity index (χ4n) is 5.90. The van der Waals surface area contributed by atoms with Crippen LogP contribution < -0.4 is 0 Å². The van der Waals surface area contributed by atoms with Gasteiger partial charge in [-0.2, -0.15) is 0 Å². The van der Waals surface area contributed by atoms with Crippen LogP contribution in [0.4, 0.5) is 0 Å². The Hall–Kier alpha value is -2.70. The Balaban J connectivity index is 1.44. The van der Waals surface area contributed by atoms with Gasteiger partial charge in [-0.15, -0.1) is 0 Å². The summed E-state index contributed by atoms with van der Waals surface area (Å²) in [6.07, 6.45) is -1.32. The number of hydrogen-bond donors (Lipinski definition) is 1. The summed E-state index contributed by atoms with van der Waals surface area (Å²) in [6.45, 7) is 0. The topological polar surface area (TPSA) is 54.5 Å². The predicted molar refractivity (Wildman–Crippen MR) is 137 cm³/mol. The van der Waals surface area contributed by atoms with Crippen LogP contribution in [-0.2, 0) is 31.2 Å². The zero-order valence-corrected chi connectivity index (χ0v) is 20.6. The maximum atomic E-state index is 12.2. The van der Waals surface area contributed by atoms with Crippen LogP contribution in [0.3, 0.4) is 0 Å². The van der Waals surface area contributed by atoms with E-state index in [1.165, 1.54) is 0 Å². The second kappa shape index (κ2) is 7.90. The summed E-state index contributed by atoms with van der Waals surface area (Å²) in [5, 5.41) is 13.5. The van der Waals surface area contributed by atoms with Crippen LogP contribution >= 0.6 is 23.2 Å². The Labute approximate surface area is 219 Å². The highest BCUT2D eigenvalue weighted by Gasteiger charge is 2.89. The molecular weight excluding hydrogens is 495 g/mol. The molecule has 0 aromatic heterocycles. The van der Waals surface area contributed by atoms with Gasteiger partial charge in [-0.1, -0.05) is 108 Å². The average molecular weight is 517 g/mol. The Morgan fingerprint density at radius 3 is 1.75 bits per heavy atom. The molecule has 0 spiro atoms. The van der Waals surface area contributed by atoms with Crippen molar-refractivity contribution in [1.82, 2.24) is 0 Å². The minimum atomic E-state index is -1.69. The molecule has 3 aliphatic heterocycles. The van der Waals surface area contributed by atoms with E-state index in [9.17, 15) is 5.11 Å². The van der Waals surface area contributed by atoms with Gasteiger partial charge in [-0.25, -0.2) is 0 Å². The van der Waals surface area contributed by atoms with Crippen molar-refractivity contribution in [2.45, 2.75) is 35.3 Å². The van der Waals surface area contributed by atoms with E-state index in [0.717, 1.165) is 16.7 Å². The SMILES string of the molecule is O[C@@]1(c2ccccc2)O[C@](c2ccccc2)([C@H]2O[C@@H]2c2ccc(Cl)cc2)[C@]2(c3ccc(Cl)cc3)O[C@H]12. The third-order valence-corrected chi connectivity index (χ3v) is 8.10. The molecule has 3 saturated heterocycles. The van der Waals surface area contributed by atoms with E-state index in [0.29, 0.717) is 15.6 Å². The van der Waals surface area contributed by atoms with E-state index in [1.807, 2.05) is 109 Å². The summed E-state index contributed by atoms with van der Waals surface area (Å²) < 4.78 is 19.9. The van der Waals surface area contributed by atoms with Gasteiger partial charge in [0.2, 0.25) is 5.79 Å². The molecule has 36 heavy (non-hydrogen) atoms. The molecule has 0 aliphatic carbocycles. The third-order valence-electron chi connectivity index (χ3n) is 7.59. The van der Waals surface area contributed by atoms with Gasteiger partial charge in [0.15, 0.2) is 17.3 Å². The lowest BCUT2D eigenvalue weighted by atomic mass is 9.72. The lowest BCUT2D eigenvalue weighted by molar-refractivity contribution is -0.291. The Morgan fingerprint density at radius 2 is 1.14 bits per heavy atom. The van der Waals surface area contributed by atoms with Gasteiger partial charge in [0.1, 0.15) is 12.2 Å². The second-order valence-corrected chi connectivity index (χ2v) is 10.4. The first-order valence-electron chi connectivity index (χ1n) is 11.9. The molecule has 0 bridgehead atoms. The van der Waals surface area contributed by atoms with Gasteiger partial charge in [0.25, 0.3) is 0 Å². The monoisotopic (exact) mass is 516 g/mol. The van der Waals surface area contributed by atoms with Crippen molar-refractivity contribution in [2.24, 2.45) is 0 Å². The number of epoxide rings is 2. The molecule has 3 aliphatic rings. The minimum Gasteiger partial charge on any atom is -0.361 e. The average Bonchev–Trinajstić information content (AvgIpc) is 3.84. The second-order valence-electron chi connectivity index (χ2n) is 9.54. The summed E-state index contributed by atoms with van der Waals surface area (Å²) in [6, 6.07) is 34.5. The molecule has 0 unspecified atom stereocenters. The molecule has 3 heterocycles. The van der Waals surface area contributed by atoms with Crippen LogP contribution in [-0.4, -0.2) is 17.3 Å². The fraction of sp³-hybridized carbons (Fsp3) is 0.200. The minimum absolute atomic E-state index is 0.255. The molecule has 4 aromatic carbocycles. The molecule has 6 heteroatoms. The number of fused-ring (bicyclic) bond motifs is 1. The Bertz CT molecular complexity index is 1410. The number of halogens is 2. The van der Waals surface area contributed by atoms with Crippen molar-refractivity contribution in [3.05, 3.63) is 141 Å². The molecule has 4 aromatic rings. The van der Waals surface area contributed by atoms with Crippen LogP contribution in [0.15, 0.2) is 109 Å². The Kier molecular flexibility index (Phi) is 4.93. The summed E-state index contributed by atoms with van der Waals surface area (Å²) >= 11 is 12.4. The highest BCUT2D eigenvalue weighted by Crippen LogP contribution is 2.76. The number of rotatable bonds is 5. The van der Waals surface area contributed by atoms with Crippen molar-refractivity contribution in [3.63, 3.8) is 0 Å². The molecular formula is C30H22Cl2O4. The van der Waals surface area contributed by atoms with E-state index in [1.54, 1.807) is 0 Å². The number of aliphatic hydroxyl groups is 1. The number of benzene rings is 4. The highest BCUT2D eigenvalue weighted by molar-refractivity contribution is 6.30. The summed E-state index contributed by atoms with van der Waals surface area (Å²) in [5.74, 6) is -1.69. The van der Waals surface area contributed by atoms with E-state index in [2.05, 4.69) is 0 Å². The molecule has 1 N–H and O–H groups in total. The largest absolute Gasteiger partial charge is 0.361 e. The van der Waals surface area contributed by atoms with Gasteiger partial charge in [-0.3, -0.25) is 0 Å². The molecule has 0 saturated carbocycles. The van der Waals surface area contributed by atoms with Gasteiger partial charge >= 0.3 is 0 Å². The third kappa shape index (κ3) is 3.04. The zero-order chi connectivity index (χ0) is 24.5. The molecule has 7 rings (SSSR count). The number of ether oxygens (including phenoxy) is 3. The molecule has 6 atom stereocenters. The predicted octanol–water partition coefficient (Wildman–Crippen LogP) is 6.50. The smallest absolute Gasteiger partial charge is 0.224 e. The van der Waals surface area contributed by atoms with Gasteiger partial charge < -0.3 is 19.3 Å². The lowest BCUT2D eigenvalue weighted by Gasteiger charge is -2.38. The summed E-state index contributed by atoms with van der Waals surface area (Å²) in [7, 11) is 0. The first kappa shape index (κ1) is 22.5. The van der Waals surface area contributed by atoms with Crippen molar-refractivity contribution in [3.8, 4) is 0 Å². The quantitative estimate of drug-likeness (QED) is 0.307. The van der Waals surface area contributed by atoms with E-state index < -0.39 is 29.2 Å². The van der Waals surface area contributed by atoms with Crippen LogP contribution in [0.5, 0.6) is 0 Å². The van der Waals surface area contributed by atoms with Crippen LogP contribution in [0.1, 0.15) is 28.4 Å². The Morgan fingerprint density at radius 1 is 0.611 bits per heavy atom.